The van der Waals surface area contributed by atoms with Gasteiger partial charge in [0, 0.05) is 23.7 Å². The second-order valence-corrected chi connectivity index (χ2v) is 11.1. The Bertz CT molecular complexity index is 1410. The van der Waals surface area contributed by atoms with Gasteiger partial charge >= 0.3 is 0 Å². The fraction of sp³-hybridized carbons (Fsp3) is 0.200. The van der Waals surface area contributed by atoms with E-state index in [9.17, 15) is 13.2 Å². The van der Waals surface area contributed by atoms with Crippen molar-refractivity contribution in [3.05, 3.63) is 88.4 Å². The second-order valence-electron chi connectivity index (χ2n) is 8.28. The van der Waals surface area contributed by atoms with Crippen molar-refractivity contribution in [2.45, 2.75) is 37.1 Å². The zero-order valence-corrected chi connectivity index (χ0v) is 19.7. The van der Waals surface area contributed by atoms with E-state index in [1.54, 1.807) is 24.3 Å². The monoisotopic (exact) mass is 477 g/mol. The van der Waals surface area contributed by atoms with E-state index in [1.807, 2.05) is 42.5 Å². The molecule has 1 heterocycles. The smallest absolute Gasteiger partial charge is 0.255 e. The molecule has 1 amide bonds. The SMILES string of the molecule is Cc1ccc(S(=O)(=O)NC2CC2)cc1C(=O)Nc1ccc(Cc2nc3ccccc3s2)cc1. The molecule has 1 aliphatic rings. The lowest BCUT2D eigenvalue weighted by Gasteiger charge is -2.11. The highest BCUT2D eigenvalue weighted by molar-refractivity contribution is 7.89. The predicted octanol–water partition coefficient (Wildman–Crippen LogP) is 4.89. The number of carbonyl (C=O) groups is 1. The average Bonchev–Trinajstić information content (AvgIpc) is 3.50. The van der Waals surface area contributed by atoms with Crippen molar-refractivity contribution in [2.75, 3.05) is 5.32 Å². The number of hydrogen-bond acceptors (Lipinski definition) is 5. The number of para-hydroxylation sites is 1. The van der Waals surface area contributed by atoms with Gasteiger partial charge in [-0.15, -0.1) is 11.3 Å². The van der Waals surface area contributed by atoms with Crippen LogP contribution in [-0.4, -0.2) is 25.4 Å². The molecule has 0 radical (unpaired) electrons. The van der Waals surface area contributed by atoms with Crippen LogP contribution in [0.15, 0.2) is 71.6 Å². The number of carbonyl (C=O) groups excluding carboxylic acids is 1. The third-order valence-electron chi connectivity index (χ3n) is 5.57. The molecule has 6 nitrogen and oxygen atoms in total. The minimum atomic E-state index is -3.62. The number of nitrogens with one attached hydrogen (secondary N) is 2. The maximum absolute atomic E-state index is 12.9. The highest BCUT2D eigenvalue weighted by Gasteiger charge is 2.28. The van der Waals surface area contributed by atoms with Crippen LogP contribution in [0.1, 0.15) is 39.3 Å². The molecule has 5 rings (SSSR count). The molecule has 3 aromatic carbocycles. The Morgan fingerprint density at radius 3 is 2.55 bits per heavy atom. The Labute approximate surface area is 196 Å². The van der Waals surface area contributed by atoms with E-state index < -0.39 is 10.0 Å². The number of sulfonamides is 1. The molecular formula is C25H23N3O3S2. The summed E-state index contributed by atoms with van der Waals surface area (Å²) in [4.78, 5) is 17.7. The molecule has 1 aliphatic carbocycles. The van der Waals surface area contributed by atoms with Crippen molar-refractivity contribution in [3.8, 4) is 0 Å². The zero-order chi connectivity index (χ0) is 23.0. The number of aromatic nitrogens is 1. The van der Waals surface area contributed by atoms with Crippen molar-refractivity contribution in [1.29, 1.82) is 0 Å². The predicted molar refractivity (Wildman–Crippen MR) is 131 cm³/mol. The normalized spacial score (nSPS) is 13.8. The molecule has 1 saturated carbocycles. The summed E-state index contributed by atoms with van der Waals surface area (Å²) in [5, 5.41) is 3.92. The van der Waals surface area contributed by atoms with Gasteiger partial charge in [-0.2, -0.15) is 0 Å². The van der Waals surface area contributed by atoms with Gasteiger partial charge in [0.1, 0.15) is 0 Å². The van der Waals surface area contributed by atoms with Crippen molar-refractivity contribution in [2.24, 2.45) is 0 Å². The first-order valence-electron chi connectivity index (χ1n) is 10.8. The molecular weight excluding hydrogens is 454 g/mol. The van der Waals surface area contributed by atoms with E-state index in [-0.39, 0.29) is 16.8 Å². The third-order valence-corrected chi connectivity index (χ3v) is 8.12. The average molecular weight is 478 g/mol. The Hall–Kier alpha value is -3.07. The van der Waals surface area contributed by atoms with Crippen LogP contribution in [0.5, 0.6) is 0 Å². The van der Waals surface area contributed by atoms with E-state index in [1.165, 1.54) is 16.8 Å². The molecule has 1 fully saturated rings. The van der Waals surface area contributed by atoms with Crippen molar-refractivity contribution in [1.82, 2.24) is 9.71 Å². The second kappa shape index (κ2) is 8.70. The number of benzene rings is 3. The molecule has 0 aliphatic heterocycles. The summed E-state index contributed by atoms with van der Waals surface area (Å²) >= 11 is 1.68. The molecule has 0 atom stereocenters. The van der Waals surface area contributed by atoms with Crippen LogP contribution >= 0.6 is 11.3 Å². The number of fused-ring (bicyclic) bond motifs is 1. The lowest BCUT2D eigenvalue weighted by molar-refractivity contribution is 0.102. The summed E-state index contributed by atoms with van der Waals surface area (Å²) in [6, 6.07) is 20.4. The van der Waals surface area contributed by atoms with Crippen LogP contribution in [0.2, 0.25) is 0 Å². The summed E-state index contributed by atoms with van der Waals surface area (Å²) in [6.45, 7) is 1.79. The Balaban J connectivity index is 1.29. The van der Waals surface area contributed by atoms with Gasteiger partial charge in [0.05, 0.1) is 20.1 Å². The minimum absolute atomic E-state index is 0.00913. The lowest BCUT2D eigenvalue weighted by Crippen LogP contribution is -2.26. The number of hydrogen-bond donors (Lipinski definition) is 2. The number of thiazole rings is 1. The molecule has 0 spiro atoms. The molecule has 2 N–H and O–H groups in total. The van der Waals surface area contributed by atoms with Crippen LogP contribution in [-0.2, 0) is 16.4 Å². The summed E-state index contributed by atoms with van der Waals surface area (Å²) in [5.74, 6) is -0.338. The fourth-order valence-electron chi connectivity index (χ4n) is 3.58. The van der Waals surface area contributed by atoms with E-state index in [0.29, 0.717) is 16.8 Å². The first-order chi connectivity index (χ1) is 15.9. The highest BCUT2D eigenvalue weighted by Crippen LogP contribution is 2.25. The first-order valence-corrected chi connectivity index (χ1v) is 13.0. The lowest BCUT2D eigenvalue weighted by atomic mass is 10.1. The number of nitrogens with zero attached hydrogens (tertiary/aromatic N) is 1. The van der Waals surface area contributed by atoms with Gasteiger partial charge in [0.2, 0.25) is 10.0 Å². The van der Waals surface area contributed by atoms with Gasteiger partial charge < -0.3 is 5.32 Å². The van der Waals surface area contributed by atoms with Gasteiger partial charge in [-0.25, -0.2) is 18.1 Å². The van der Waals surface area contributed by atoms with Crippen LogP contribution in [0, 0.1) is 6.92 Å². The number of aryl methyl sites for hydroxylation is 1. The minimum Gasteiger partial charge on any atom is -0.322 e. The van der Waals surface area contributed by atoms with Gasteiger partial charge in [0.25, 0.3) is 5.91 Å². The maximum Gasteiger partial charge on any atom is 0.255 e. The highest BCUT2D eigenvalue weighted by atomic mass is 32.2. The largest absolute Gasteiger partial charge is 0.322 e. The first kappa shape index (κ1) is 21.8. The number of rotatable bonds is 7. The standard InChI is InChI=1S/C25H23N3O3S2/c1-16-6-13-20(33(30,31)28-19-11-12-19)15-21(16)25(29)26-18-9-7-17(8-10-18)14-24-27-22-4-2-3-5-23(22)32-24/h2-10,13,15,19,28H,11-12,14H2,1H3,(H,26,29). The van der Waals surface area contributed by atoms with Crippen LogP contribution < -0.4 is 10.0 Å². The van der Waals surface area contributed by atoms with E-state index in [2.05, 4.69) is 21.1 Å². The van der Waals surface area contributed by atoms with Crippen molar-refractivity contribution in [3.63, 3.8) is 0 Å². The fourth-order valence-corrected chi connectivity index (χ4v) is 5.91. The van der Waals surface area contributed by atoms with Gasteiger partial charge in [-0.3, -0.25) is 4.79 Å². The van der Waals surface area contributed by atoms with Gasteiger partial charge in [-0.1, -0.05) is 30.3 Å². The molecule has 0 bridgehead atoms. The molecule has 168 valence electrons. The Morgan fingerprint density at radius 1 is 1.06 bits per heavy atom. The zero-order valence-electron chi connectivity index (χ0n) is 18.0. The van der Waals surface area contributed by atoms with Crippen molar-refractivity contribution < 1.29 is 13.2 Å². The van der Waals surface area contributed by atoms with E-state index in [0.717, 1.165) is 35.4 Å². The third kappa shape index (κ3) is 4.98. The Morgan fingerprint density at radius 2 is 1.82 bits per heavy atom. The molecule has 8 heteroatoms. The summed E-state index contributed by atoms with van der Waals surface area (Å²) in [6.07, 6.45) is 2.43. The van der Waals surface area contributed by atoms with Crippen LogP contribution in [0.3, 0.4) is 0 Å². The number of anilines is 1. The Kier molecular flexibility index (Phi) is 5.74. The maximum atomic E-state index is 12.9. The molecule has 4 aromatic rings. The topological polar surface area (TPSA) is 88.2 Å². The van der Waals surface area contributed by atoms with Crippen LogP contribution in [0.25, 0.3) is 10.2 Å². The summed E-state index contributed by atoms with van der Waals surface area (Å²) < 4.78 is 28.9. The molecule has 0 unspecified atom stereocenters. The summed E-state index contributed by atoms with van der Waals surface area (Å²) in [5.41, 5.74) is 3.81. The number of amides is 1. The van der Waals surface area contributed by atoms with Crippen LogP contribution in [0.4, 0.5) is 5.69 Å². The molecule has 0 saturated heterocycles. The quantitative estimate of drug-likeness (QED) is 0.397. The molecule has 33 heavy (non-hydrogen) atoms. The van der Waals surface area contributed by atoms with Gasteiger partial charge in [-0.05, 0) is 67.3 Å². The van der Waals surface area contributed by atoms with Crippen molar-refractivity contribution >= 4 is 43.2 Å². The summed E-state index contributed by atoms with van der Waals surface area (Å²) in [7, 11) is -3.62. The van der Waals surface area contributed by atoms with Gasteiger partial charge in [0.15, 0.2) is 0 Å². The molecule has 1 aromatic heterocycles. The van der Waals surface area contributed by atoms with E-state index >= 15 is 0 Å². The van der Waals surface area contributed by atoms with E-state index in [4.69, 9.17) is 0 Å².